The van der Waals surface area contributed by atoms with Gasteiger partial charge >= 0.3 is 0 Å². The first-order chi connectivity index (χ1) is 11.7. The van der Waals surface area contributed by atoms with E-state index in [1.807, 2.05) is 31.2 Å². The number of hydrogen-bond acceptors (Lipinski definition) is 9. The Morgan fingerprint density at radius 2 is 2.04 bits per heavy atom. The topological polar surface area (TPSA) is 96.3 Å². The van der Waals surface area contributed by atoms with Gasteiger partial charge in [-0.1, -0.05) is 29.1 Å². The van der Waals surface area contributed by atoms with Crippen LogP contribution in [0, 0.1) is 6.92 Å². The molecule has 0 bridgehead atoms. The molecule has 0 radical (unpaired) electrons. The minimum absolute atomic E-state index is 0.0937. The minimum Gasteiger partial charge on any atom is -0.485 e. The highest BCUT2D eigenvalue weighted by atomic mass is 32.2. The van der Waals surface area contributed by atoms with Gasteiger partial charge in [-0.15, -0.1) is 10.2 Å². The Hall–Kier alpha value is -2.55. The first kappa shape index (κ1) is 15.0. The van der Waals surface area contributed by atoms with Crippen LogP contribution in [-0.4, -0.2) is 26.9 Å². The van der Waals surface area contributed by atoms with E-state index in [1.165, 1.54) is 11.8 Å². The zero-order valence-corrected chi connectivity index (χ0v) is 13.8. The largest absolute Gasteiger partial charge is 0.485 e. The van der Waals surface area contributed by atoms with E-state index in [0.29, 0.717) is 40.9 Å². The van der Waals surface area contributed by atoms with Crippen molar-refractivity contribution in [3.05, 3.63) is 41.9 Å². The maximum absolute atomic E-state index is 5.85. The van der Waals surface area contributed by atoms with Crippen LogP contribution in [0.1, 0.15) is 35.9 Å². The van der Waals surface area contributed by atoms with E-state index in [1.54, 1.807) is 6.92 Å². The van der Waals surface area contributed by atoms with Crippen LogP contribution in [0.15, 0.2) is 38.4 Å². The summed E-state index contributed by atoms with van der Waals surface area (Å²) < 4.78 is 22.3. The van der Waals surface area contributed by atoms with Crippen LogP contribution in [0.4, 0.5) is 0 Å². The summed E-state index contributed by atoms with van der Waals surface area (Å²) in [7, 11) is 0. The Labute approximate surface area is 141 Å². The predicted molar refractivity (Wildman–Crippen MR) is 82.9 cm³/mol. The van der Waals surface area contributed by atoms with Gasteiger partial charge in [0.05, 0.1) is 5.25 Å². The van der Waals surface area contributed by atoms with Crippen molar-refractivity contribution in [2.45, 2.75) is 30.4 Å². The van der Waals surface area contributed by atoms with Crippen molar-refractivity contribution in [2.24, 2.45) is 0 Å². The lowest BCUT2D eigenvalue weighted by atomic mass is 10.2. The maximum Gasteiger partial charge on any atom is 0.277 e. The monoisotopic (exact) mass is 346 g/mol. The summed E-state index contributed by atoms with van der Waals surface area (Å²) in [6, 6.07) is 7.47. The molecule has 124 valence electrons. The van der Waals surface area contributed by atoms with Gasteiger partial charge in [-0.3, -0.25) is 0 Å². The third-order valence-corrected chi connectivity index (χ3v) is 4.30. The highest BCUT2D eigenvalue weighted by molar-refractivity contribution is 7.99. The van der Waals surface area contributed by atoms with Crippen molar-refractivity contribution in [3.8, 4) is 11.5 Å². The summed E-state index contributed by atoms with van der Waals surface area (Å²) in [5.74, 6) is 2.86. The van der Waals surface area contributed by atoms with Crippen LogP contribution in [0.3, 0.4) is 0 Å². The highest BCUT2D eigenvalue weighted by Gasteiger charge is 2.28. The van der Waals surface area contributed by atoms with E-state index in [2.05, 4.69) is 20.3 Å². The number of benzene rings is 1. The number of ether oxygens (including phenoxy) is 2. The van der Waals surface area contributed by atoms with Gasteiger partial charge in [0.15, 0.2) is 17.3 Å². The number of nitrogens with zero attached hydrogens (tertiary/aromatic N) is 4. The van der Waals surface area contributed by atoms with Crippen molar-refractivity contribution in [1.29, 1.82) is 0 Å². The fourth-order valence-electron chi connectivity index (χ4n) is 2.22. The van der Waals surface area contributed by atoms with E-state index < -0.39 is 6.10 Å². The summed E-state index contributed by atoms with van der Waals surface area (Å²) >= 11 is 1.35. The Kier molecular flexibility index (Phi) is 3.85. The van der Waals surface area contributed by atoms with E-state index >= 15 is 0 Å². The number of fused-ring (bicyclic) bond motifs is 1. The third-order valence-electron chi connectivity index (χ3n) is 3.37. The SMILES string of the molecule is Cc1noc(C(C)Sc2nnc(C3COc4ccccc4O3)o2)n1. The van der Waals surface area contributed by atoms with Crippen molar-refractivity contribution < 1.29 is 18.4 Å². The van der Waals surface area contributed by atoms with E-state index in [4.69, 9.17) is 18.4 Å². The van der Waals surface area contributed by atoms with Crippen molar-refractivity contribution in [3.63, 3.8) is 0 Å². The van der Waals surface area contributed by atoms with Crippen molar-refractivity contribution in [2.75, 3.05) is 6.61 Å². The van der Waals surface area contributed by atoms with E-state index in [9.17, 15) is 0 Å². The lowest BCUT2D eigenvalue weighted by Crippen LogP contribution is -2.21. The third kappa shape index (κ3) is 2.94. The quantitative estimate of drug-likeness (QED) is 0.660. The number of para-hydroxylation sites is 2. The molecule has 3 heterocycles. The molecule has 0 aliphatic carbocycles. The molecule has 0 fully saturated rings. The number of hydrogen-bond donors (Lipinski definition) is 0. The average Bonchev–Trinajstić information content (AvgIpc) is 3.23. The number of thioether (sulfide) groups is 1. The number of aromatic nitrogens is 4. The van der Waals surface area contributed by atoms with Gasteiger partial charge in [-0.2, -0.15) is 4.98 Å². The fraction of sp³-hybridized carbons (Fsp3) is 0.333. The van der Waals surface area contributed by atoms with Gasteiger partial charge in [0.2, 0.25) is 12.0 Å². The molecule has 2 aromatic heterocycles. The predicted octanol–water partition coefficient (Wildman–Crippen LogP) is 3.13. The van der Waals surface area contributed by atoms with Crippen LogP contribution in [0.2, 0.25) is 0 Å². The molecule has 4 rings (SSSR count). The molecule has 1 aliphatic rings. The number of rotatable bonds is 4. The minimum atomic E-state index is -0.428. The van der Waals surface area contributed by atoms with Gasteiger partial charge < -0.3 is 18.4 Å². The average molecular weight is 346 g/mol. The first-order valence-electron chi connectivity index (χ1n) is 7.38. The molecule has 2 unspecified atom stereocenters. The molecule has 0 spiro atoms. The van der Waals surface area contributed by atoms with Gasteiger partial charge in [-0.05, 0) is 26.0 Å². The second-order valence-corrected chi connectivity index (χ2v) is 6.50. The summed E-state index contributed by atoms with van der Waals surface area (Å²) in [6.45, 7) is 4.02. The molecule has 8 nitrogen and oxygen atoms in total. The second-order valence-electron chi connectivity index (χ2n) is 5.21. The lowest BCUT2D eigenvalue weighted by Gasteiger charge is -2.23. The van der Waals surface area contributed by atoms with Crippen molar-refractivity contribution in [1.82, 2.24) is 20.3 Å². The molecule has 9 heteroatoms. The lowest BCUT2D eigenvalue weighted by molar-refractivity contribution is 0.0686. The smallest absolute Gasteiger partial charge is 0.277 e. The normalized spacial score (nSPS) is 17.7. The zero-order chi connectivity index (χ0) is 16.5. The zero-order valence-electron chi connectivity index (χ0n) is 13.0. The van der Waals surface area contributed by atoms with Crippen LogP contribution < -0.4 is 9.47 Å². The molecule has 1 aromatic carbocycles. The van der Waals surface area contributed by atoms with Crippen LogP contribution in [-0.2, 0) is 0 Å². The molecule has 1 aliphatic heterocycles. The summed E-state index contributed by atoms with van der Waals surface area (Å²) in [6.07, 6.45) is -0.428. The standard InChI is InChI=1S/C15H14N4O4S/c1-8(13-16-9(2)19-23-13)24-15-18-17-14(22-15)12-7-20-10-5-3-4-6-11(10)21-12/h3-6,8,12H,7H2,1-2H3. The Morgan fingerprint density at radius 3 is 2.83 bits per heavy atom. The molecule has 0 saturated heterocycles. The highest BCUT2D eigenvalue weighted by Crippen LogP contribution is 2.37. The molecule has 0 N–H and O–H groups in total. The summed E-state index contributed by atoms with van der Waals surface area (Å²) in [5.41, 5.74) is 0. The molecular weight excluding hydrogens is 332 g/mol. The van der Waals surface area contributed by atoms with Gasteiger partial charge in [-0.25, -0.2) is 0 Å². The van der Waals surface area contributed by atoms with E-state index in [-0.39, 0.29) is 5.25 Å². The Balaban J connectivity index is 1.45. The maximum atomic E-state index is 5.85. The van der Waals surface area contributed by atoms with Crippen LogP contribution >= 0.6 is 11.8 Å². The van der Waals surface area contributed by atoms with Gasteiger partial charge in [0.1, 0.15) is 6.61 Å². The van der Waals surface area contributed by atoms with E-state index in [0.717, 1.165) is 0 Å². The van der Waals surface area contributed by atoms with Crippen molar-refractivity contribution >= 4 is 11.8 Å². The molecule has 0 amide bonds. The van der Waals surface area contributed by atoms with Gasteiger partial charge in [0, 0.05) is 0 Å². The van der Waals surface area contributed by atoms with Crippen LogP contribution in [0.5, 0.6) is 11.5 Å². The summed E-state index contributed by atoms with van der Waals surface area (Å²) in [4.78, 5) is 4.20. The molecule has 0 saturated carbocycles. The Bertz CT molecular complexity index is 849. The first-order valence-corrected chi connectivity index (χ1v) is 8.26. The molecule has 3 aromatic rings. The fourth-order valence-corrected chi connectivity index (χ4v) is 2.94. The summed E-state index contributed by atoms with van der Waals surface area (Å²) in [5, 5.41) is 12.2. The van der Waals surface area contributed by atoms with Gasteiger partial charge in [0.25, 0.3) is 11.1 Å². The van der Waals surface area contributed by atoms with Crippen LogP contribution in [0.25, 0.3) is 0 Å². The molecule has 24 heavy (non-hydrogen) atoms. The second kappa shape index (κ2) is 6.16. The number of aryl methyl sites for hydroxylation is 1. The Morgan fingerprint density at radius 1 is 1.21 bits per heavy atom. The molecule has 2 atom stereocenters. The molecular formula is C15H14N4O4S.